The van der Waals surface area contributed by atoms with Crippen molar-refractivity contribution in [2.24, 2.45) is 5.92 Å². The number of halogens is 1. The van der Waals surface area contributed by atoms with Gasteiger partial charge in [0.15, 0.2) is 0 Å². The number of rotatable bonds is 10. The van der Waals surface area contributed by atoms with Crippen LogP contribution in [0.5, 0.6) is 11.5 Å². The maximum Gasteiger partial charge on any atom is 0.307 e. The molecule has 1 N–H and O–H groups in total. The molecule has 0 saturated heterocycles. The van der Waals surface area contributed by atoms with Crippen LogP contribution < -0.4 is 9.47 Å². The summed E-state index contributed by atoms with van der Waals surface area (Å²) in [6.07, 6.45) is 4.14. The average Bonchev–Trinajstić information content (AvgIpc) is 3.57. The van der Waals surface area contributed by atoms with Crippen LogP contribution >= 0.6 is 0 Å². The van der Waals surface area contributed by atoms with E-state index in [4.69, 9.17) is 9.47 Å². The van der Waals surface area contributed by atoms with E-state index >= 15 is 4.39 Å². The number of benzene rings is 3. The molecule has 0 spiro atoms. The average molecular weight is 537 g/mol. The Morgan fingerprint density at radius 2 is 1.82 bits per heavy atom. The number of carbonyl (C=O) groups is 1. The van der Waals surface area contributed by atoms with E-state index in [0.717, 1.165) is 52.0 Å². The molecule has 2 aliphatic carbocycles. The van der Waals surface area contributed by atoms with Crippen molar-refractivity contribution in [1.29, 1.82) is 0 Å². The first-order chi connectivity index (χ1) is 18.2. The fraction of sp³-hybridized carbons (Fsp3) is 0.387. The Morgan fingerprint density at radius 3 is 2.45 bits per heavy atom. The number of hydrogen-bond donors (Lipinski definition) is 1. The van der Waals surface area contributed by atoms with Gasteiger partial charge in [0.05, 0.1) is 18.8 Å². The molecule has 0 heterocycles. The van der Waals surface area contributed by atoms with Gasteiger partial charge in [-0.15, -0.1) is 0 Å². The highest BCUT2D eigenvalue weighted by molar-refractivity contribution is 7.90. The summed E-state index contributed by atoms with van der Waals surface area (Å²) in [5.74, 6) is 0.836. The number of carboxylic acids is 1. The number of hydrogen-bond acceptors (Lipinski definition) is 4. The number of aryl methyl sites for hydroxylation is 2. The van der Waals surface area contributed by atoms with Crippen LogP contribution in [0.15, 0.2) is 48.5 Å². The predicted octanol–water partition coefficient (Wildman–Crippen LogP) is 6.51. The van der Waals surface area contributed by atoms with Gasteiger partial charge in [0.25, 0.3) is 0 Å². The first-order valence-corrected chi connectivity index (χ1v) is 14.8. The van der Waals surface area contributed by atoms with Gasteiger partial charge < -0.3 is 19.1 Å². The number of fused-ring (bicyclic) bond motifs is 1. The van der Waals surface area contributed by atoms with Crippen molar-refractivity contribution in [3.05, 3.63) is 82.2 Å². The Balaban J connectivity index is 1.34. The molecule has 0 bridgehead atoms. The van der Waals surface area contributed by atoms with E-state index in [1.54, 1.807) is 6.26 Å². The molecule has 1 fully saturated rings. The summed E-state index contributed by atoms with van der Waals surface area (Å²) in [5.41, 5.74) is 6.85. The van der Waals surface area contributed by atoms with Crippen molar-refractivity contribution >= 4 is 17.1 Å². The molecule has 0 amide bonds. The highest BCUT2D eigenvalue weighted by Gasteiger charge is 2.44. The Morgan fingerprint density at radius 1 is 1.11 bits per heavy atom. The van der Waals surface area contributed by atoms with Gasteiger partial charge in [0, 0.05) is 12.0 Å². The molecule has 4 atom stereocenters. The molecule has 0 aliphatic heterocycles. The maximum absolute atomic E-state index is 15.2. The molecule has 1 saturated carbocycles. The second-order valence-electron chi connectivity index (χ2n) is 10.4. The first-order valence-electron chi connectivity index (χ1n) is 13.1. The van der Waals surface area contributed by atoms with Crippen molar-refractivity contribution in [2.45, 2.75) is 51.6 Å². The van der Waals surface area contributed by atoms with Crippen LogP contribution in [-0.2, 0) is 22.4 Å². The van der Waals surface area contributed by atoms with E-state index in [9.17, 15) is 14.5 Å². The van der Waals surface area contributed by atoms with Gasteiger partial charge in [0.1, 0.15) is 29.2 Å². The van der Waals surface area contributed by atoms with Gasteiger partial charge in [-0.1, -0.05) is 29.4 Å². The Labute approximate surface area is 226 Å². The largest absolute Gasteiger partial charge is 0.617 e. The van der Waals surface area contributed by atoms with Gasteiger partial charge in [-0.05, 0) is 103 Å². The lowest BCUT2D eigenvalue weighted by Gasteiger charge is -2.19. The third-order valence-electron chi connectivity index (χ3n) is 7.60. The standard InChI is InChI=1S/C31H33FO5S/c1-18-15-22(36-13-4-14-38(3)35)16-19(2)29(18)23-9-11-27(32)30-24(23)10-12-28(30)37-21-7-5-20(6-8-21)25-17-26(25)31(33)34/h5-9,11,15-16,25-26,28H,4,10,12-14,17H2,1-3H3,(H,33,34). The smallest absolute Gasteiger partial charge is 0.307 e. The summed E-state index contributed by atoms with van der Waals surface area (Å²) in [6.45, 7) is 4.61. The summed E-state index contributed by atoms with van der Waals surface area (Å²) in [6, 6.07) is 15.0. The lowest BCUT2D eigenvalue weighted by atomic mass is 9.90. The molecule has 3 aromatic rings. The zero-order valence-electron chi connectivity index (χ0n) is 22.0. The van der Waals surface area contributed by atoms with Crippen LogP contribution in [0, 0.1) is 25.6 Å². The molecule has 3 aromatic carbocycles. The van der Waals surface area contributed by atoms with Crippen molar-refractivity contribution in [1.82, 2.24) is 0 Å². The fourth-order valence-electron chi connectivity index (χ4n) is 5.70. The lowest BCUT2D eigenvalue weighted by molar-refractivity contribution is -0.138. The minimum atomic E-state index is -0.823. The summed E-state index contributed by atoms with van der Waals surface area (Å²) in [5, 5.41) is 9.19. The van der Waals surface area contributed by atoms with Gasteiger partial charge in [-0.25, -0.2) is 4.39 Å². The van der Waals surface area contributed by atoms with Crippen molar-refractivity contribution in [3.8, 4) is 22.6 Å². The van der Waals surface area contributed by atoms with Crippen LogP contribution in [0.4, 0.5) is 4.39 Å². The maximum atomic E-state index is 15.2. The summed E-state index contributed by atoms with van der Waals surface area (Å²) < 4.78 is 38.6. The number of ether oxygens (including phenoxy) is 2. The fourth-order valence-corrected chi connectivity index (χ4v) is 6.23. The normalized spacial score (nSPS) is 20.6. The predicted molar refractivity (Wildman–Crippen MR) is 147 cm³/mol. The topological polar surface area (TPSA) is 78.8 Å². The van der Waals surface area contributed by atoms with Crippen LogP contribution in [-0.4, -0.2) is 34.2 Å². The minimum absolute atomic E-state index is 0.0684. The molecule has 200 valence electrons. The van der Waals surface area contributed by atoms with Crippen molar-refractivity contribution < 1.29 is 28.3 Å². The second kappa shape index (κ2) is 11.0. The van der Waals surface area contributed by atoms with E-state index in [0.29, 0.717) is 36.5 Å². The third kappa shape index (κ3) is 5.54. The van der Waals surface area contributed by atoms with E-state index in [2.05, 4.69) is 0 Å². The van der Waals surface area contributed by atoms with E-state index in [-0.39, 0.29) is 23.8 Å². The van der Waals surface area contributed by atoms with Gasteiger partial charge in [-0.3, -0.25) is 4.79 Å². The molecule has 0 aromatic heterocycles. The van der Waals surface area contributed by atoms with Crippen LogP contribution in [0.1, 0.15) is 59.1 Å². The van der Waals surface area contributed by atoms with E-state index in [1.807, 2.05) is 56.3 Å². The van der Waals surface area contributed by atoms with Crippen molar-refractivity contribution in [2.75, 3.05) is 18.6 Å². The lowest BCUT2D eigenvalue weighted by Crippen LogP contribution is -2.08. The Hall–Kier alpha value is -3.03. The molecule has 5 rings (SSSR count). The molecule has 38 heavy (non-hydrogen) atoms. The van der Waals surface area contributed by atoms with Crippen LogP contribution in [0.2, 0.25) is 0 Å². The molecular formula is C31H33FO5S. The Kier molecular flexibility index (Phi) is 7.68. The van der Waals surface area contributed by atoms with Gasteiger partial charge in [-0.2, -0.15) is 0 Å². The zero-order chi connectivity index (χ0) is 27.0. The quantitative estimate of drug-likeness (QED) is 0.236. The number of carboxylic acid groups (broad SMARTS) is 1. The second-order valence-corrected chi connectivity index (χ2v) is 12.0. The molecular weight excluding hydrogens is 503 g/mol. The van der Waals surface area contributed by atoms with Gasteiger partial charge in [0.2, 0.25) is 0 Å². The third-order valence-corrected chi connectivity index (χ3v) is 8.46. The van der Waals surface area contributed by atoms with Crippen LogP contribution in [0.25, 0.3) is 11.1 Å². The van der Waals surface area contributed by atoms with E-state index < -0.39 is 17.1 Å². The monoisotopic (exact) mass is 536 g/mol. The zero-order valence-corrected chi connectivity index (χ0v) is 22.8. The van der Waals surface area contributed by atoms with Crippen molar-refractivity contribution in [3.63, 3.8) is 0 Å². The summed E-state index contributed by atoms with van der Waals surface area (Å²) in [7, 11) is 0. The number of aliphatic carboxylic acids is 1. The SMILES string of the molecule is Cc1cc(OCCC[S+](C)[O-])cc(C)c1-c1ccc(F)c2c1CCC2Oc1ccc(C2CC2C(=O)O)cc1. The Bertz CT molecular complexity index is 1310. The highest BCUT2D eigenvalue weighted by Crippen LogP contribution is 2.48. The van der Waals surface area contributed by atoms with Gasteiger partial charge >= 0.3 is 5.97 Å². The molecule has 0 radical (unpaired) electrons. The van der Waals surface area contributed by atoms with Crippen LogP contribution in [0.3, 0.4) is 0 Å². The minimum Gasteiger partial charge on any atom is -0.617 e. The van der Waals surface area contributed by atoms with E-state index in [1.165, 1.54) is 6.07 Å². The highest BCUT2D eigenvalue weighted by atomic mass is 32.2. The molecule has 2 aliphatic rings. The molecule has 4 unspecified atom stereocenters. The summed E-state index contributed by atoms with van der Waals surface area (Å²) >= 11 is -0.823. The molecule has 5 nitrogen and oxygen atoms in total. The first kappa shape index (κ1) is 26.6. The summed E-state index contributed by atoms with van der Waals surface area (Å²) in [4.78, 5) is 11.2. The molecule has 7 heteroatoms.